The fourth-order valence-electron chi connectivity index (χ4n) is 8.79. The Kier molecular flexibility index (Phi) is 51.5. The van der Waals surface area contributed by atoms with Crippen molar-refractivity contribution < 1.29 is 80.2 Å². The van der Waals surface area contributed by atoms with Crippen LogP contribution in [0.2, 0.25) is 0 Å². The number of aliphatic hydroxyl groups excluding tert-OH is 1. The highest BCUT2D eigenvalue weighted by atomic mass is 31.2. The monoisotopic (exact) mass is 1170 g/mol. The standard InChI is InChI=1S/C60H116O17P2/c1-7-10-12-14-16-17-18-19-20-24-32-38-44-59(64)76-55(49-71-58(63)43-37-31-25-21-23-28-34-40-52(4)5)50-74-78(66,67)72-46-54(61)47-73-79(68,69)75-51-56(48-70-57(62)42-36-30-22-15-13-11-8-2)77-60(65)45-39-33-27-26-29-35-41-53(6)9-3/h52-56,61H,7-51H2,1-6H3,(H,66,67)(H,68,69)/t53?,54-,55-,56-/m1/s1. The van der Waals surface area contributed by atoms with E-state index in [1.54, 1.807) is 0 Å². The van der Waals surface area contributed by atoms with E-state index in [2.05, 4.69) is 41.5 Å². The second-order valence-electron chi connectivity index (χ2n) is 22.5. The zero-order chi connectivity index (χ0) is 58.7. The van der Waals surface area contributed by atoms with E-state index in [-0.39, 0.29) is 25.7 Å². The lowest BCUT2D eigenvalue weighted by atomic mass is 10.00. The first-order valence-electron chi connectivity index (χ1n) is 31.5. The van der Waals surface area contributed by atoms with Gasteiger partial charge in [0.05, 0.1) is 26.4 Å². The van der Waals surface area contributed by atoms with E-state index in [0.717, 1.165) is 115 Å². The number of esters is 4. The summed E-state index contributed by atoms with van der Waals surface area (Å²) in [6, 6.07) is 0. The van der Waals surface area contributed by atoms with Gasteiger partial charge >= 0.3 is 39.5 Å². The summed E-state index contributed by atoms with van der Waals surface area (Å²) >= 11 is 0. The number of rotatable bonds is 59. The van der Waals surface area contributed by atoms with Crippen LogP contribution < -0.4 is 0 Å². The summed E-state index contributed by atoms with van der Waals surface area (Å²) in [5.41, 5.74) is 0. The third kappa shape index (κ3) is 53.8. The number of unbranched alkanes of at least 4 members (excludes halogenated alkanes) is 28. The molecule has 0 aromatic heterocycles. The summed E-state index contributed by atoms with van der Waals surface area (Å²) < 4.78 is 67.7. The summed E-state index contributed by atoms with van der Waals surface area (Å²) in [5.74, 6) is -0.720. The van der Waals surface area contributed by atoms with Gasteiger partial charge < -0.3 is 33.8 Å². The molecule has 0 saturated heterocycles. The molecule has 0 aromatic rings. The predicted molar refractivity (Wildman–Crippen MR) is 312 cm³/mol. The van der Waals surface area contributed by atoms with Crippen molar-refractivity contribution in [2.75, 3.05) is 39.6 Å². The van der Waals surface area contributed by atoms with Crippen LogP contribution in [0.5, 0.6) is 0 Å². The van der Waals surface area contributed by atoms with Gasteiger partial charge in [-0.05, 0) is 37.5 Å². The molecule has 468 valence electrons. The number of ether oxygens (including phenoxy) is 4. The minimum atomic E-state index is -4.94. The zero-order valence-electron chi connectivity index (χ0n) is 50.7. The molecule has 6 atom stereocenters. The van der Waals surface area contributed by atoms with Gasteiger partial charge in [0.25, 0.3) is 0 Å². The largest absolute Gasteiger partial charge is 0.472 e. The molecule has 0 rings (SSSR count). The molecule has 0 aliphatic carbocycles. The van der Waals surface area contributed by atoms with Crippen LogP contribution in [0.15, 0.2) is 0 Å². The van der Waals surface area contributed by atoms with Crippen LogP contribution in [0.4, 0.5) is 0 Å². The van der Waals surface area contributed by atoms with Crippen molar-refractivity contribution in [3.8, 4) is 0 Å². The summed E-state index contributed by atoms with van der Waals surface area (Å²) in [6.45, 7) is 9.31. The minimum absolute atomic E-state index is 0.102. The van der Waals surface area contributed by atoms with Gasteiger partial charge in [-0.1, -0.05) is 241 Å². The van der Waals surface area contributed by atoms with Crippen molar-refractivity contribution in [1.29, 1.82) is 0 Å². The lowest BCUT2D eigenvalue weighted by Crippen LogP contribution is -2.30. The molecule has 0 aliphatic rings. The Bertz CT molecular complexity index is 1570. The summed E-state index contributed by atoms with van der Waals surface area (Å²) in [4.78, 5) is 71.9. The fraction of sp³-hybridized carbons (Fsp3) is 0.933. The molecule has 0 saturated carbocycles. The van der Waals surface area contributed by atoms with Crippen molar-refractivity contribution in [2.45, 2.75) is 310 Å². The van der Waals surface area contributed by atoms with Crippen LogP contribution in [0.1, 0.15) is 292 Å². The number of carbonyl (C=O) groups excluding carboxylic acids is 4. The van der Waals surface area contributed by atoms with Gasteiger partial charge in [0.2, 0.25) is 0 Å². The van der Waals surface area contributed by atoms with E-state index in [0.29, 0.717) is 31.6 Å². The zero-order valence-corrected chi connectivity index (χ0v) is 52.4. The highest BCUT2D eigenvalue weighted by molar-refractivity contribution is 7.47. The number of phosphoric acid groups is 2. The molecule has 0 amide bonds. The Labute approximate surface area is 479 Å². The van der Waals surface area contributed by atoms with Gasteiger partial charge in [0, 0.05) is 25.7 Å². The second kappa shape index (κ2) is 52.8. The van der Waals surface area contributed by atoms with Gasteiger partial charge in [-0.15, -0.1) is 0 Å². The lowest BCUT2D eigenvalue weighted by molar-refractivity contribution is -0.161. The topological polar surface area (TPSA) is 237 Å². The Hall–Kier alpha value is -1.94. The van der Waals surface area contributed by atoms with Gasteiger partial charge in [-0.25, -0.2) is 9.13 Å². The molecule has 3 unspecified atom stereocenters. The van der Waals surface area contributed by atoms with E-state index in [9.17, 15) is 43.2 Å². The van der Waals surface area contributed by atoms with Crippen LogP contribution >= 0.6 is 15.6 Å². The van der Waals surface area contributed by atoms with Crippen molar-refractivity contribution in [3.05, 3.63) is 0 Å². The first-order valence-corrected chi connectivity index (χ1v) is 34.5. The lowest BCUT2D eigenvalue weighted by Gasteiger charge is -2.21. The third-order valence-electron chi connectivity index (χ3n) is 14.1. The van der Waals surface area contributed by atoms with E-state index < -0.39 is 97.5 Å². The van der Waals surface area contributed by atoms with E-state index in [1.165, 1.54) is 89.9 Å². The molecule has 0 aromatic carbocycles. The van der Waals surface area contributed by atoms with Crippen LogP contribution in [0.25, 0.3) is 0 Å². The molecular weight excluding hydrogens is 1050 g/mol. The maximum Gasteiger partial charge on any atom is 0.472 e. The van der Waals surface area contributed by atoms with Gasteiger partial charge in [-0.3, -0.25) is 37.3 Å². The fourth-order valence-corrected chi connectivity index (χ4v) is 10.4. The maximum atomic E-state index is 12.9. The minimum Gasteiger partial charge on any atom is -0.462 e. The normalized spacial score (nSPS) is 14.8. The first kappa shape index (κ1) is 77.1. The molecule has 0 heterocycles. The molecule has 0 spiro atoms. The number of hydrogen-bond donors (Lipinski definition) is 3. The first-order chi connectivity index (χ1) is 37.9. The van der Waals surface area contributed by atoms with E-state index in [1.807, 2.05) is 0 Å². The Morgan fingerprint density at radius 3 is 0.962 bits per heavy atom. The highest BCUT2D eigenvalue weighted by Crippen LogP contribution is 2.45. The molecule has 79 heavy (non-hydrogen) atoms. The van der Waals surface area contributed by atoms with Crippen LogP contribution in [0, 0.1) is 11.8 Å². The summed E-state index contributed by atoms with van der Waals surface area (Å²) in [6.07, 6.45) is 33.6. The van der Waals surface area contributed by atoms with Crippen molar-refractivity contribution in [2.24, 2.45) is 11.8 Å². The SMILES string of the molecule is CCCCCCCCCCCCCCC(=O)O[C@H](COC(=O)CCCCCCCCCC(C)C)COP(=O)(O)OC[C@@H](O)COP(=O)(O)OC[C@@H](COC(=O)CCCCCCCCC)OC(=O)CCCCCCCCC(C)CC. The van der Waals surface area contributed by atoms with E-state index in [4.69, 9.17) is 37.0 Å². The van der Waals surface area contributed by atoms with Crippen LogP contribution in [-0.4, -0.2) is 96.7 Å². The number of aliphatic hydroxyl groups is 1. The smallest absolute Gasteiger partial charge is 0.462 e. The average molecular weight is 1170 g/mol. The molecule has 0 fully saturated rings. The number of hydrogen-bond acceptors (Lipinski definition) is 15. The molecule has 17 nitrogen and oxygen atoms in total. The molecule has 3 N–H and O–H groups in total. The average Bonchev–Trinajstić information content (AvgIpc) is 3.41. The van der Waals surface area contributed by atoms with Crippen LogP contribution in [-0.2, 0) is 65.4 Å². The van der Waals surface area contributed by atoms with Crippen molar-refractivity contribution in [1.82, 2.24) is 0 Å². The Morgan fingerprint density at radius 1 is 0.367 bits per heavy atom. The van der Waals surface area contributed by atoms with Crippen molar-refractivity contribution >= 4 is 39.5 Å². The number of phosphoric ester groups is 2. The quantitative estimate of drug-likeness (QED) is 0.0222. The Balaban J connectivity index is 5.23. The second-order valence-corrected chi connectivity index (χ2v) is 25.4. The van der Waals surface area contributed by atoms with Crippen molar-refractivity contribution in [3.63, 3.8) is 0 Å². The number of carbonyl (C=O) groups is 4. The summed E-state index contributed by atoms with van der Waals surface area (Å²) in [5, 5.41) is 10.5. The maximum absolute atomic E-state index is 12.9. The van der Waals surface area contributed by atoms with E-state index >= 15 is 0 Å². The molecule has 0 radical (unpaired) electrons. The predicted octanol–water partition coefficient (Wildman–Crippen LogP) is 16.1. The van der Waals surface area contributed by atoms with Gasteiger partial charge in [0.1, 0.15) is 19.3 Å². The highest BCUT2D eigenvalue weighted by Gasteiger charge is 2.30. The molecule has 0 aliphatic heterocycles. The van der Waals surface area contributed by atoms with Crippen LogP contribution in [0.3, 0.4) is 0 Å². The molecule has 19 heteroatoms. The van der Waals surface area contributed by atoms with Gasteiger partial charge in [0.15, 0.2) is 12.2 Å². The summed E-state index contributed by atoms with van der Waals surface area (Å²) in [7, 11) is -9.87. The third-order valence-corrected chi connectivity index (χ3v) is 16.0. The molecular formula is C60H116O17P2. The molecule has 0 bridgehead atoms. The van der Waals surface area contributed by atoms with Gasteiger partial charge in [-0.2, -0.15) is 0 Å². The Morgan fingerprint density at radius 2 is 0.646 bits per heavy atom.